The molecule has 0 aliphatic heterocycles. The lowest BCUT2D eigenvalue weighted by Crippen LogP contribution is -2.00. The van der Waals surface area contributed by atoms with Crippen molar-refractivity contribution in [3.05, 3.63) is 23.8 Å². The van der Waals surface area contributed by atoms with Crippen LogP contribution in [0.4, 0.5) is 11.4 Å². The van der Waals surface area contributed by atoms with Crippen LogP contribution >= 0.6 is 0 Å². The Hall–Kier alpha value is -2.10. The third-order valence-corrected chi connectivity index (χ3v) is 2.08. The van der Waals surface area contributed by atoms with Crippen molar-refractivity contribution in [3.63, 3.8) is 0 Å². The molecule has 1 unspecified atom stereocenters. The normalized spacial score (nSPS) is 10.3. The molecular formula is C13H16N2O4. The van der Waals surface area contributed by atoms with E-state index in [1.807, 2.05) is 0 Å². The molecule has 1 aromatic carbocycles. The van der Waals surface area contributed by atoms with Gasteiger partial charge in [0.05, 0.1) is 17.5 Å². The number of aliphatic imine (C=N–C) groups is 2. The first kappa shape index (κ1) is 16.9. The van der Waals surface area contributed by atoms with Crippen molar-refractivity contribution in [2.45, 2.75) is 26.4 Å². The van der Waals surface area contributed by atoms with E-state index in [1.54, 1.807) is 26.0 Å². The zero-order chi connectivity index (χ0) is 14.7. The van der Waals surface area contributed by atoms with Crippen LogP contribution in [-0.2, 0) is 9.59 Å². The third-order valence-electron chi connectivity index (χ3n) is 2.08. The van der Waals surface area contributed by atoms with Gasteiger partial charge in [0.2, 0.25) is 12.2 Å². The fourth-order valence-electron chi connectivity index (χ4n) is 1.08. The van der Waals surface area contributed by atoms with E-state index in [1.165, 1.54) is 18.2 Å². The summed E-state index contributed by atoms with van der Waals surface area (Å²) in [7, 11) is 0. The van der Waals surface area contributed by atoms with Gasteiger partial charge < -0.3 is 10.2 Å². The summed E-state index contributed by atoms with van der Waals surface area (Å²) in [4.78, 5) is 26.8. The summed E-state index contributed by atoms with van der Waals surface area (Å²) in [5, 5.41) is 16.5. The molecule has 1 atom stereocenters. The van der Waals surface area contributed by atoms with Crippen molar-refractivity contribution < 1.29 is 19.8 Å². The quantitative estimate of drug-likeness (QED) is 0.638. The van der Waals surface area contributed by atoms with Gasteiger partial charge in [0.1, 0.15) is 0 Å². The molecule has 0 aliphatic carbocycles. The SMILES string of the molecule is CC(O)CCO.Cc1ccc(N=C=O)cc1N=C=O. The summed E-state index contributed by atoms with van der Waals surface area (Å²) >= 11 is 0. The second-order valence-corrected chi connectivity index (χ2v) is 3.74. The van der Waals surface area contributed by atoms with E-state index in [9.17, 15) is 9.59 Å². The van der Waals surface area contributed by atoms with E-state index < -0.39 is 0 Å². The fourth-order valence-corrected chi connectivity index (χ4v) is 1.08. The first-order chi connectivity index (χ1) is 9.04. The molecule has 0 heterocycles. The first-order valence-corrected chi connectivity index (χ1v) is 5.60. The molecule has 1 rings (SSSR count). The first-order valence-electron chi connectivity index (χ1n) is 5.60. The Kier molecular flexibility index (Phi) is 8.79. The Balaban J connectivity index is 0.000000459. The van der Waals surface area contributed by atoms with Crippen LogP contribution in [0.3, 0.4) is 0 Å². The molecule has 0 saturated heterocycles. The number of aryl methyl sites for hydroxylation is 1. The van der Waals surface area contributed by atoms with Gasteiger partial charge in [-0.1, -0.05) is 6.07 Å². The minimum absolute atomic E-state index is 0.0810. The molecule has 102 valence electrons. The number of rotatable bonds is 4. The molecule has 2 N–H and O–H groups in total. The molecule has 0 amide bonds. The van der Waals surface area contributed by atoms with Gasteiger partial charge in [-0.15, -0.1) is 0 Å². The summed E-state index contributed by atoms with van der Waals surface area (Å²) in [5.74, 6) is 0. The van der Waals surface area contributed by atoms with E-state index in [-0.39, 0.29) is 12.7 Å². The van der Waals surface area contributed by atoms with E-state index in [2.05, 4.69) is 9.98 Å². The Morgan fingerprint density at radius 1 is 1.26 bits per heavy atom. The predicted molar refractivity (Wildman–Crippen MR) is 70.1 cm³/mol. The van der Waals surface area contributed by atoms with Crippen molar-refractivity contribution in [2.75, 3.05) is 6.61 Å². The van der Waals surface area contributed by atoms with Gasteiger partial charge in [0.15, 0.2) is 0 Å². The molecular weight excluding hydrogens is 248 g/mol. The molecule has 0 aromatic heterocycles. The average Bonchev–Trinajstić information content (AvgIpc) is 2.35. The lowest BCUT2D eigenvalue weighted by molar-refractivity contribution is 0.148. The van der Waals surface area contributed by atoms with Crippen LogP contribution in [0.5, 0.6) is 0 Å². The maximum atomic E-state index is 10.00. The van der Waals surface area contributed by atoms with Gasteiger partial charge in [0, 0.05) is 6.61 Å². The van der Waals surface area contributed by atoms with Gasteiger partial charge in [0.25, 0.3) is 0 Å². The highest BCUT2D eigenvalue weighted by atomic mass is 16.3. The van der Waals surface area contributed by atoms with E-state index in [4.69, 9.17) is 10.2 Å². The highest BCUT2D eigenvalue weighted by Crippen LogP contribution is 2.23. The lowest BCUT2D eigenvalue weighted by Gasteiger charge is -1.97. The molecule has 0 spiro atoms. The van der Waals surface area contributed by atoms with Crippen molar-refractivity contribution in [3.8, 4) is 0 Å². The molecule has 19 heavy (non-hydrogen) atoms. The van der Waals surface area contributed by atoms with Crippen molar-refractivity contribution >= 4 is 23.5 Å². The summed E-state index contributed by atoms with van der Waals surface area (Å²) in [6.45, 7) is 3.53. The van der Waals surface area contributed by atoms with Crippen molar-refractivity contribution in [2.24, 2.45) is 9.98 Å². The predicted octanol–water partition coefficient (Wildman–Crippen LogP) is 1.68. The fraction of sp³-hybridized carbons (Fsp3) is 0.385. The van der Waals surface area contributed by atoms with Crippen LogP contribution in [-0.4, -0.2) is 35.1 Å². The van der Waals surface area contributed by atoms with E-state index >= 15 is 0 Å². The Labute approximate surface area is 111 Å². The zero-order valence-electron chi connectivity index (χ0n) is 10.8. The number of nitrogens with zero attached hydrogens (tertiary/aromatic N) is 2. The van der Waals surface area contributed by atoms with Gasteiger partial charge in [-0.2, -0.15) is 9.98 Å². The Morgan fingerprint density at radius 3 is 2.32 bits per heavy atom. The topological polar surface area (TPSA) is 99.3 Å². The zero-order valence-corrected chi connectivity index (χ0v) is 10.8. The number of aliphatic hydroxyl groups excluding tert-OH is 2. The molecule has 6 heteroatoms. The van der Waals surface area contributed by atoms with Gasteiger partial charge in [-0.3, -0.25) is 0 Å². The summed E-state index contributed by atoms with van der Waals surface area (Å²) in [5.41, 5.74) is 1.72. The summed E-state index contributed by atoms with van der Waals surface area (Å²) in [6.07, 6.45) is 2.97. The van der Waals surface area contributed by atoms with Crippen molar-refractivity contribution in [1.82, 2.24) is 0 Å². The molecule has 0 radical (unpaired) electrons. The number of hydrogen-bond donors (Lipinski definition) is 2. The molecule has 0 bridgehead atoms. The van der Waals surface area contributed by atoms with Gasteiger partial charge >= 0.3 is 0 Å². The van der Waals surface area contributed by atoms with Crippen LogP contribution in [0.1, 0.15) is 18.9 Å². The van der Waals surface area contributed by atoms with Crippen LogP contribution in [0, 0.1) is 6.92 Å². The average molecular weight is 264 g/mol. The van der Waals surface area contributed by atoms with E-state index in [0.29, 0.717) is 17.8 Å². The molecule has 0 fully saturated rings. The number of aliphatic hydroxyl groups is 2. The van der Waals surface area contributed by atoms with Crippen LogP contribution in [0.15, 0.2) is 28.2 Å². The largest absolute Gasteiger partial charge is 0.396 e. The number of hydrogen-bond acceptors (Lipinski definition) is 6. The van der Waals surface area contributed by atoms with Gasteiger partial charge in [-0.25, -0.2) is 9.59 Å². The maximum Gasteiger partial charge on any atom is 0.240 e. The minimum Gasteiger partial charge on any atom is -0.396 e. The number of isocyanates is 2. The lowest BCUT2D eigenvalue weighted by atomic mass is 10.2. The number of benzene rings is 1. The molecule has 0 saturated carbocycles. The molecule has 6 nitrogen and oxygen atoms in total. The Bertz CT molecular complexity index is 487. The van der Waals surface area contributed by atoms with Crippen LogP contribution in [0.25, 0.3) is 0 Å². The second-order valence-electron chi connectivity index (χ2n) is 3.74. The van der Waals surface area contributed by atoms with E-state index in [0.717, 1.165) is 5.56 Å². The summed E-state index contributed by atoms with van der Waals surface area (Å²) < 4.78 is 0. The standard InChI is InChI=1S/C9H6N2O2.C4H10O2/c1-7-2-3-8(10-5-12)4-9(7)11-6-13;1-4(6)2-3-5/h2-4H,1H3;4-6H,2-3H2,1H3. The Morgan fingerprint density at radius 2 is 1.89 bits per heavy atom. The smallest absolute Gasteiger partial charge is 0.240 e. The highest BCUT2D eigenvalue weighted by molar-refractivity contribution is 5.61. The van der Waals surface area contributed by atoms with Gasteiger partial charge in [-0.05, 0) is 38.0 Å². The minimum atomic E-state index is -0.352. The highest BCUT2D eigenvalue weighted by Gasteiger charge is 1.97. The number of carbonyl (C=O) groups excluding carboxylic acids is 2. The second kappa shape index (κ2) is 9.88. The molecule has 1 aromatic rings. The third kappa shape index (κ3) is 7.76. The molecule has 0 aliphatic rings. The maximum absolute atomic E-state index is 10.00. The van der Waals surface area contributed by atoms with Crippen LogP contribution in [0.2, 0.25) is 0 Å². The summed E-state index contributed by atoms with van der Waals surface area (Å²) in [6, 6.07) is 4.88. The van der Waals surface area contributed by atoms with Crippen LogP contribution < -0.4 is 0 Å². The van der Waals surface area contributed by atoms with Crippen molar-refractivity contribution in [1.29, 1.82) is 0 Å². The monoisotopic (exact) mass is 264 g/mol.